The van der Waals surface area contributed by atoms with Crippen LogP contribution in [0, 0.1) is 0 Å². The molecular weight excluding hydrogens is 650 g/mol. The first-order valence-corrected chi connectivity index (χ1v) is 17.7. The van der Waals surface area contributed by atoms with E-state index < -0.39 is 28.5 Å². The number of hydrogen-bond donors (Lipinski definition) is 1. The average Bonchev–Trinajstić information content (AvgIpc) is 3.13. The lowest BCUT2D eigenvalue weighted by Gasteiger charge is -2.34. The van der Waals surface area contributed by atoms with Crippen LogP contribution in [0.3, 0.4) is 0 Å². The number of sulfonamides is 1. The molecule has 1 unspecified atom stereocenters. The maximum absolute atomic E-state index is 14.6. The van der Waals surface area contributed by atoms with E-state index in [0.29, 0.717) is 23.7 Å². The third-order valence-electron chi connectivity index (χ3n) is 8.73. The van der Waals surface area contributed by atoms with Gasteiger partial charge in [0.2, 0.25) is 11.8 Å². The molecule has 2 amide bonds. The lowest BCUT2D eigenvalue weighted by atomic mass is 9.95. The first-order chi connectivity index (χ1) is 23.6. The SMILES string of the molecule is CCC(C(=O)NC1CCCCC1)N(Cc1ccc(OC)cc1)C(=O)CN(c1cc(OC)ccc1OC)S(=O)(=O)c1ccc(OC)c(OC)c1. The van der Waals surface area contributed by atoms with Crippen LogP contribution >= 0.6 is 0 Å². The van der Waals surface area contributed by atoms with Gasteiger partial charge in [0.1, 0.15) is 29.8 Å². The van der Waals surface area contributed by atoms with Gasteiger partial charge < -0.3 is 33.9 Å². The maximum atomic E-state index is 14.6. The van der Waals surface area contributed by atoms with Crippen LogP contribution in [0.15, 0.2) is 65.6 Å². The Labute approximate surface area is 289 Å². The molecular formula is C36H47N3O9S. The number of nitrogens with zero attached hydrogens (tertiary/aromatic N) is 2. The summed E-state index contributed by atoms with van der Waals surface area (Å²) in [7, 11) is 2.82. The number of carbonyl (C=O) groups excluding carboxylic acids is 2. The van der Waals surface area contributed by atoms with Gasteiger partial charge in [0.15, 0.2) is 11.5 Å². The molecule has 4 rings (SSSR count). The van der Waals surface area contributed by atoms with E-state index in [-0.39, 0.29) is 40.6 Å². The molecule has 1 aliphatic carbocycles. The van der Waals surface area contributed by atoms with Gasteiger partial charge >= 0.3 is 0 Å². The highest BCUT2D eigenvalue weighted by atomic mass is 32.2. The summed E-state index contributed by atoms with van der Waals surface area (Å²) in [6.07, 6.45) is 5.25. The van der Waals surface area contributed by atoms with Crippen molar-refractivity contribution >= 4 is 27.5 Å². The Kier molecular flexibility index (Phi) is 13.0. The highest BCUT2D eigenvalue weighted by Gasteiger charge is 2.36. The smallest absolute Gasteiger partial charge is 0.265 e. The van der Waals surface area contributed by atoms with Crippen molar-refractivity contribution in [3.05, 3.63) is 66.2 Å². The van der Waals surface area contributed by atoms with Crippen molar-refractivity contribution in [3.63, 3.8) is 0 Å². The topological polar surface area (TPSA) is 133 Å². The molecule has 0 saturated heterocycles. The van der Waals surface area contributed by atoms with Gasteiger partial charge in [0, 0.05) is 24.7 Å². The van der Waals surface area contributed by atoms with Crippen LogP contribution in [-0.4, -0.2) is 79.3 Å². The normalized spacial score (nSPS) is 13.9. The van der Waals surface area contributed by atoms with Gasteiger partial charge in [0.25, 0.3) is 10.0 Å². The van der Waals surface area contributed by atoms with E-state index in [0.717, 1.165) is 42.0 Å². The van der Waals surface area contributed by atoms with Gasteiger partial charge in [-0.3, -0.25) is 13.9 Å². The average molecular weight is 698 g/mol. The molecule has 0 radical (unpaired) electrons. The Morgan fingerprint density at radius 3 is 1.98 bits per heavy atom. The fourth-order valence-corrected chi connectivity index (χ4v) is 7.43. The molecule has 1 fully saturated rings. The Bertz CT molecular complexity index is 1680. The number of rotatable bonds is 16. The molecule has 266 valence electrons. The van der Waals surface area contributed by atoms with E-state index >= 15 is 0 Å². The molecule has 0 aromatic heterocycles. The number of ether oxygens (including phenoxy) is 5. The number of anilines is 1. The van der Waals surface area contributed by atoms with Crippen LogP contribution in [0.5, 0.6) is 28.7 Å². The summed E-state index contributed by atoms with van der Waals surface area (Å²) < 4.78 is 57.1. The van der Waals surface area contributed by atoms with E-state index in [4.69, 9.17) is 23.7 Å². The molecule has 49 heavy (non-hydrogen) atoms. The molecule has 1 N–H and O–H groups in total. The molecule has 3 aromatic rings. The van der Waals surface area contributed by atoms with Gasteiger partial charge in [0.05, 0.1) is 46.1 Å². The monoisotopic (exact) mass is 697 g/mol. The third-order valence-corrected chi connectivity index (χ3v) is 10.5. The maximum Gasteiger partial charge on any atom is 0.265 e. The van der Waals surface area contributed by atoms with Gasteiger partial charge in [-0.15, -0.1) is 0 Å². The Balaban J connectivity index is 1.81. The van der Waals surface area contributed by atoms with Gasteiger partial charge in [-0.1, -0.05) is 38.3 Å². The number of hydrogen-bond acceptors (Lipinski definition) is 9. The minimum absolute atomic E-state index is 0.0243. The second-order valence-electron chi connectivity index (χ2n) is 11.7. The minimum atomic E-state index is -4.46. The minimum Gasteiger partial charge on any atom is -0.497 e. The molecule has 1 atom stereocenters. The van der Waals surface area contributed by atoms with Crippen LogP contribution in [0.4, 0.5) is 5.69 Å². The summed E-state index contributed by atoms with van der Waals surface area (Å²) in [6.45, 7) is 1.24. The second-order valence-corrected chi connectivity index (χ2v) is 13.6. The standard InChI is InChI=1S/C36H47N3O9S/c1-7-30(36(41)37-26-11-9-8-10-12-26)38(23-25-13-15-27(44-2)16-14-25)35(40)24-39(31-21-28(45-3)17-19-32(31)46-4)49(42,43)29-18-20-33(47-5)34(22-29)48-6/h13-22,26,30H,7-12,23-24H2,1-6H3,(H,37,41). The van der Waals surface area contributed by atoms with Crippen LogP contribution in [0.2, 0.25) is 0 Å². The van der Waals surface area contributed by atoms with Crippen molar-refractivity contribution in [2.75, 3.05) is 46.4 Å². The van der Waals surface area contributed by atoms with Crippen molar-refractivity contribution in [2.24, 2.45) is 0 Å². The molecule has 1 saturated carbocycles. The Morgan fingerprint density at radius 1 is 0.776 bits per heavy atom. The zero-order valence-corrected chi connectivity index (χ0v) is 29.9. The van der Waals surface area contributed by atoms with Crippen molar-refractivity contribution in [3.8, 4) is 28.7 Å². The summed E-state index contributed by atoms with van der Waals surface area (Å²) in [5, 5.41) is 3.16. The predicted molar refractivity (Wildman–Crippen MR) is 186 cm³/mol. The van der Waals surface area contributed by atoms with E-state index in [9.17, 15) is 18.0 Å². The van der Waals surface area contributed by atoms with E-state index in [2.05, 4.69) is 5.32 Å². The molecule has 13 heteroatoms. The number of nitrogens with one attached hydrogen (secondary N) is 1. The van der Waals surface area contributed by atoms with Gasteiger partial charge in [-0.2, -0.15) is 0 Å². The number of carbonyl (C=O) groups is 2. The van der Waals surface area contributed by atoms with E-state index in [1.165, 1.54) is 57.6 Å². The first kappa shape index (κ1) is 37.2. The number of benzene rings is 3. The second kappa shape index (κ2) is 17.1. The number of methoxy groups -OCH3 is 5. The van der Waals surface area contributed by atoms with Crippen molar-refractivity contribution in [1.82, 2.24) is 10.2 Å². The molecule has 12 nitrogen and oxygen atoms in total. The summed E-state index contributed by atoms with van der Waals surface area (Å²) in [5.41, 5.74) is 0.820. The van der Waals surface area contributed by atoms with Crippen LogP contribution in [0.1, 0.15) is 51.0 Å². The molecule has 0 spiro atoms. The lowest BCUT2D eigenvalue weighted by molar-refractivity contribution is -0.140. The van der Waals surface area contributed by atoms with Crippen molar-refractivity contribution in [2.45, 2.75) is 69.0 Å². The van der Waals surface area contributed by atoms with Crippen LogP contribution in [0.25, 0.3) is 0 Å². The predicted octanol–water partition coefficient (Wildman–Crippen LogP) is 5.18. The van der Waals surface area contributed by atoms with Crippen molar-refractivity contribution < 1.29 is 41.7 Å². The highest BCUT2D eigenvalue weighted by Crippen LogP contribution is 2.38. The molecule has 3 aromatic carbocycles. The van der Waals surface area contributed by atoms with Gasteiger partial charge in [-0.25, -0.2) is 8.42 Å². The van der Waals surface area contributed by atoms with Crippen molar-refractivity contribution in [1.29, 1.82) is 0 Å². The Morgan fingerprint density at radius 2 is 1.39 bits per heavy atom. The first-order valence-electron chi connectivity index (χ1n) is 16.3. The summed E-state index contributed by atoms with van der Waals surface area (Å²) in [4.78, 5) is 29.8. The third kappa shape index (κ3) is 8.88. The molecule has 0 bridgehead atoms. The van der Waals surface area contributed by atoms with Gasteiger partial charge in [-0.05, 0) is 61.2 Å². The zero-order chi connectivity index (χ0) is 35.6. The molecule has 0 aliphatic heterocycles. The fraction of sp³-hybridized carbons (Fsp3) is 0.444. The summed E-state index contributed by atoms with van der Waals surface area (Å²) in [6, 6.07) is 15.2. The molecule has 1 aliphatic rings. The summed E-state index contributed by atoms with van der Waals surface area (Å²) in [5.74, 6) is 0.856. The molecule has 0 heterocycles. The van der Waals surface area contributed by atoms with Crippen LogP contribution in [-0.2, 0) is 26.2 Å². The largest absolute Gasteiger partial charge is 0.497 e. The van der Waals surface area contributed by atoms with E-state index in [1.54, 1.807) is 31.4 Å². The zero-order valence-electron chi connectivity index (χ0n) is 29.1. The lowest BCUT2D eigenvalue weighted by Crippen LogP contribution is -2.54. The quantitative estimate of drug-likeness (QED) is 0.215. The number of amides is 2. The van der Waals surface area contributed by atoms with Crippen LogP contribution < -0.4 is 33.3 Å². The van der Waals surface area contributed by atoms with E-state index in [1.807, 2.05) is 19.1 Å². The fourth-order valence-electron chi connectivity index (χ4n) is 6.00. The highest BCUT2D eigenvalue weighted by molar-refractivity contribution is 7.92. The Hall–Kier alpha value is -4.65. The summed E-state index contributed by atoms with van der Waals surface area (Å²) >= 11 is 0.